The number of benzene rings is 3. The fraction of sp³-hybridized carbons (Fsp3) is 0.290. The molecule has 206 valence electrons. The van der Waals surface area contributed by atoms with Gasteiger partial charge < -0.3 is 28.7 Å². The van der Waals surface area contributed by atoms with Crippen LogP contribution in [-0.2, 0) is 24.4 Å². The largest absolute Gasteiger partial charge is 0.457 e. The van der Waals surface area contributed by atoms with Gasteiger partial charge in [0.1, 0.15) is 17.8 Å². The molecule has 9 nitrogen and oxygen atoms in total. The van der Waals surface area contributed by atoms with E-state index in [1.807, 2.05) is 66.7 Å². The highest BCUT2D eigenvalue weighted by Crippen LogP contribution is 2.33. The molecule has 1 fully saturated rings. The number of ether oxygens (including phenoxy) is 4. The summed E-state index contributed by atoms with van der Waals surface area (Å²) in [6.45, 7) is 3.04. The fourth-order valence-corrected chi connectivity index (χ4v) is 4.84. The fourth-order valence-electron chi connectivity index (χ4n) is 4.84. The van der Waals surface area contributed by atoms with Crippen molar-refractivity contribution in [1.82, 2.24) is 15.2 Å². The van der Waals surface area contributed by atoms with Crippen LogP contribution in [0.2, 0.25) is 0 Å². The number of hydrogen-bond donors (Lipinski definition) is 1. The molecule has 3 heterocycles. The summed E-state index contributed by atoms with van der Waals surface area (Å²) in [5.41, 5.74) is 2.38. The third-order valence-corrected chi connectivity index (χ3v) is 6.78. The molecule has 1 aromatic heterocycles. The van der Waals surface area contributed by atoms with Gasteiger partial charge in [0.15, 0.2) is 17.2 Å². The van der Waals surface area contributed by atoms with Gasteiger partial charge in [-0.2, -0.15) is 0 Å². The Labute approximate surface area is 232 Å². The van der Waals surface area contributed by atoms with Crippen molar-refractivity contribution in [2.75, 3.05) is 19.9 Å². The normalized spacial score (nSPS) is 15.9. The van der Waals surface area contributed by atoms with Gasteiger partial charge in [-0.05, 0) is 60.4 Å². The molecule has 0 unspecified atom stereocenters. The number of fused-ring (bicyclic) bond motifs is 1. The topological polar surface area (TPSA) is 95.3 Å². The van der Waals surface area contributed by atoms with Crippen LogP contribution < -0.4 is 19.5 Å². The number of oxazole rings is 1. The van der Waals surface area contributed by atoms with Crippen LogP contribution in [0.5, 0.6) is 23.0 Å². The minimum atomic E-state index is -0.265. The van der Waals surface area contributed by atoms with Gasteiger partial charge in [0.2, 0.25) is 12.7 Å². The molecule has 9 heteroatoms. The lowest BCUT2D eigenvalue weighted by Gasteiger charge is -2.21. The number of hydrogen-bond acceptors (Lipinski definition) is 8. The number of aromatic nitrogens is 1. The number of rotatable bonds is 11. The molecule has 2 aliphatic rings. The highest BCUT2D eigenvalue weighted by molar-refractivity contribution is 5.91. The minimum absolute atomic E-state index is 0.0640. The molecular weight excluding hydrogens is 510 g/mol. The summed E-state index contributed by atoms with van der Waals surface area (Å²) in [7, 11) is 0. The summed E-state index contributed by atoms with van der Waals surface area (Å²) < 4.78 is 28.4. The average Bonchev–Trinajstić information content (AvgIpc) is 3.75. The van der Waals surface area contributed by atoms with Crippen LogP contribution in [0.15, 0.2) is 83.5 Å². The molecule has 1 N–H and O–H groups in total. The van der Waals surface area contributed by atoms with Crippen molar-refractivity contribution in [2.24, 2.45) is 0 Å². The number of para-hydroxylation sites is 1. The molecule has 0 bridgehead atoms. The van der Waals surface area contributed by atoms with Crippen LogP contribution in [0.25, 0.3) is 0 Å². The van der Waals surface area contributed by atoms with Gasteiger partial charge in [-0.3, -0.25) is 9.69 Å². The number of carbonyl (C=O) groups is 1. The number of carbonyl (C=O) groups excluding carboxylic acids is 1. The zero-order chi connectivity index (χ0) is 27.1. The Morgan fingerprint density at radius 3 is 2.60 bits per heavy atom. The first-order valence-corrected chi connectivity index (χ1v) is 13.4. The second-order valence-electron chi connectivity index (χ2n) is 9.87. The Balaban J connectivity index is 1.16. The molecule has 6 rings (SSSR count). The van der Waals surface area contributed by atoms with Gasteiger partial charge in [0.05, 0.1) is 12.6 Å². The van der Waals surface area contributed by atoms with Gasteiger partial charge >= 0.3 is 0 Å². The summed E-state index contributed by atoms with van der Waals surface area (Å²) in [6, 6.07) is 23.6. The Kier molecular flexibility index (Phi) is 7.92. The lowest BCUT2D eigenvalue weighted by atomic mass is 10.1. The molecule has 1 saturated heterocycles. The summed E-state index contributed by atoms with van der Waals surface area (Å²) in [5.74, 6) is 3.21. The summed E-state index contributed by atoms with van der Waals surface area (Å²) in [6.07, 6.45) is 3.45. The molecular formula is C31H31N3O6. The average molecular weight is 542 g/mol. The third kappa shape index (κ3) is 6.62. The van der Waals surface area contributed by atoms with E-state index in [9.17, 15) is 4.79 Å². The molecule has 0 radical (unpaired) electrons. The maximum absolute atomic E-state index is 12.6. The van der Waals surface area contributed by atoms with Crippen molar-refractivity contribution < 1.29 is 28.2 Å². The Morgan fingerprint density at radius 1 is 0.925 bits per heavy atom. The minimum Gasteiger partial charge on any atom is -0.457 e. The lowest BCUT2D eigenvalue weighted by molar-refractivity contribution is 0.0853. The maximum atomic E-state index is 12.6. The van der Waals surface area contributed by atoms with E-state index in [0.29, 0.717) is 32.1 Å². The van der Waals surface area contributed by atoms with Crippen molar-refractivity contribution in [1.29, 1.82) is 0 Å². The van der Waals surface area contributed by atoms with E-state index in [4.69, 9.17) is 23.4 Å². The van der Waals surface area contributed by atoms with Crippen LogP contribution in [0.1, 0.15) is 40.3 Å². The number of nitrogens with zero attached hydrogens (tertiary/aromatic N) is 2. The van der Waals surface area contributed by atoms with Gasteiger partial charge in [-0.1, -0.05) is 36.4 Å². The van der Waals surface area contributed by atoms with Gasteiger partial charge in [0.25, 0.3) is 5.91 Å². The van der Waals surface area contributed by atoms with Crippen molar-refractivity contribution in [3.63, 3.8) is 0 Å². The summed E-state index contributed by atoms with van der Waals surface area (Å²) in [4.78, 5) is 19.3. The number of amides is 1. The smallest absolute Gasteiger partial charge is 0.273 e. The van der Waals surface area contributed by atoms with Crippen LogP contribution in [-0.4, -0.2) is 41.8 Å². The molecule has 2 aliphatic heterocycles. The van der Waals surface area contributed by atoms with E-state index in [1.54, 1.807) is 0 Å². The molecule has 40 heavy (non-hydrogen) atoms. The molecule has 0 spiro atoms. The van der Waals surface area contributed by atoms with Crippen molar-refractivity contribution in [2.45, 2.75) is 38.6 Å². The van der Waals surface area contributed by atoms with Gasteiger partial charge in [-0.25, -0.2) is 4.98 Å². The molecule has 0 saturated carbocycles. The maximum Gasteiger partial charge on any atom is 0.273 e. The Hall–Kier alpha value is -4.34. The molecule has 4 aromatic rings. The van der Waals surface area contributed by atoms with Crippen LogP contribution in [0.4, 0.5) is 0 Å². The highest BCUT2D eigenvalue weighted by Gasteiger charge is 2.20. The molecule has 3 aromatic carbocycles. The van der Waals surface area contributed by atoms with E-state index in [2.05, 4.69) is 21.3 Å². The van der Waals surface area contributed by atoms with Gasteiger partial charge in [0, 0.05) is 26.2 Å². The van der Waals surface area contributed by atoms with E-state index in [-0.39, 0.29) is 24.5 Å². The molecule has 1 amide bonds. The quantitative estimate of drug-likeness (QED) is 0.273. The van der Waals surface area contributed by atoms with Crippen molar-refractivity contribution in [3.05, 3.63) is 102 Å². The van der Waals surface area contributed by atoms with Crippen molar-refractivity contribution in [3.8, 4) is 23.0 Å². The highest BCUT2D eigenvalue weighted by atomic mass is 16.7. The van der Waals surface area contributed by atoms with Gasteiger partial charge in [-0.15, -0.1) is 0 Å². The zero-order valence-corrected chi connectivity index (χ0v) is 22.1. The zero-order valence-electron chi connectivity index (χ0n) is 22.1. The summed E-state index contributed by atoms with van der Waals surface area (Å²) in [5, 5.41) is 2.90. The predicted octanol–water partition coefficient (Wildman–Crippen LogP) is 5.31. The van der Waals surface area contributed by atoms with E-state index < -0.39 is 0 Å². The van der Waals surface area contributed by atoms with E-state index in [0.717, 1.165) is 53.6 Å². The van der Waals surface area contributed by atoms with Crippen molar-refractivity contribution >= 4 is 5.91 Å². The van der Waals surface area contributed by atoms with E-state index >= 15 is 0 Å². The Bertz CT molecular complexity index is 1430. The third-order valence-electron chi connectivity index (χ3n) is 6.78. The Morgan fingerprint density at radius 2 is 1.75 bits per heavy atom. The summed E-state index contributed by atoms with van der Waals surface area (Å²) >= 11 is 0. The second-order valence-corrected chi connectivity index (χ2v) is 9.87. The lowest BCUT2D eigenvalue weighted by Crippen LogP contribution is -2.32. The standard InChI is InChI=1S/C31H31N3O6/c35-31(32-16-26-10-5-13-36-26)27-20-37-30(33-27)19-34(18-23-11-12-28-29(15-23)39-21-38-28)17-22-6-4-9-25(14-22)40-24-7-2-1-3-8-24/h1-4,6-9,11-12,14-15,20,26H,5,10,13,16-19,21H2,(H,32,35)/t26-/m1/s1. The monoisotopic (exact) mass is 541 g/mol. The SMILES string of the molecule is O=C(NC[C@H]1CCCO1)c1coc(CN(Cc2cccc(Oc3ccccc3)c2)Cc2ccc3c(c2)OCO3)n1. The first kappa shape index (κ1) is 25.9. The molecule has 0 aliphatic carbocycles. The predicted molar refractivity (Wildman–Crippen MR) is 146 cm³/mol. The second kappa shape index (κ2) is 12.2. The van der Waals surface area contributed by atoms with Crippen LogP contribution in [0, 0.1) is 0 Å². The van der Waals surface area contributed by atoms with E-state index in [1.165, 1.54) is 6.26 Å². The van der Waals surface area contributed by atoms with Crippen LogP contribution in [0.3, 0.4) is 0 Å². The number of nitrogens with one attached hydrogen (secondary N) is 1. The molecule has 1 atom stereocenters. The van der Waals surface area contributed by atoms with Crippen LogP contribution >= 0.6 is 0 Å². The first-order valence-electron chi connectivity index (χ1n) is 13.4. The first-order chi connectivity index (χ1) is 19.7.